The van der Waals surface area contributed by atoms with E-state index in [9.17, 15) is 40.5 Å². The molecule has 2 heterocycles. The molecule has 10 atom stereocenters. The highest BCUT2D eigenvalue weighted by Crippen LogP contribution is 2.36. The minimum absolute atomic E-state index is 0.0819. The predicted molar refractivity (Wildman–Crippen MR) is 107 cm³/mol. The maximum Gasteiger partial charge on any atom is 0.323 e. The molecule has 0 bridgehead atoms. The van der Waals surface area contributed by atoms with Gasteiger partial charge in [0.15, 0.2) is 6.29 Å². The van der Waals surface area contributed by atoms with Gasteiger partial charge in [-0.05, 0) is 5.16 Å². The number of hydrogen-bond acceptors (Lipinski definition) is 15. The van der Waals surface area contributed by atoms with E-state index in [0.29, 0.717) is 0 Å². The molecule has 34 heavy (non-hydrogen) atoms. The molecule has 0 radical (unpaired) electrons. The van der Waals surface area contributed by atoms with Crippen LogP contribution in [-0.4, -0.2) is 135 Å². The van der Waals surface area contributed by atoms with Crippen molar-refractivity contribution in [2.24, 2.45) is 22.4 Å². The summed E-state index contributed by atoms with van der Waals surface area (Å²) in [7, 11) is 0. The topological polar surface area (TPSA) is 295 Å². The summed E-state index contributed by atoms with van der Waals surface area (Å²) in [6.07, 6.45) is -13.7. The molecule has 0 aromatic rings. The van der Waals surface area contributed by atoms with Crippen molar-refractivity contribution < 1.29 is 64.3 Å². The summed E-state index contributed by atoms with van der Waals surface area (Å²) in [6, 6.07) is -1.24. The average Bonchev–Trinajstić information content (AvgIpc) is 3.05. The number of hydrogen-bond donors (Lipinski definition) is 10. The first-order valence-electron chi connectivity index (χ1n) is 10.2. The Hall–Kier alpha value is -1.90. The lowest BCUT2D eigenvalue weighted by Gasteiger charge is -2.43. The Bertz CT molecular complexity index is 696. The van der Waals surface area contributed by atoms with E-state index in [2.05, 4.69) is 5.16 Å². The van der Waals surface area contributed by atoms with E-state index < -0.39 is 86.6 Å². The fraction of sp³-hybridized carbons (Fsp3) is 0.882. The van der Waals surface area contributed by atoms with Crippen LogP contribution in [0.1, 0.15) is 6.42 Å². The second-order valence-electron chi connectivity index (χ2n) is 7.75. The standard InChI is InChI=1S/C17H32N4O13/c18-6(1-2-31-21-16(19)20)14(29)30-5-17(13(28)10(25)8(4-23)33-17)34-15-12(27)11(26)9(24)7(3-22)32-15/h6-13,15,22-28H,1-5,18H2,(H4,19,20,21)/t6-,7+,8+,9+,10+,11-,12+,13-,15+,17-/m0/s1. The smallest absolute Gasteiger partial charge is 0.323 e. The van der Waals surface area contributed by atoms with Gasteiger partial charge in [0.1, 0.15) is 62.0 Å². The lowest BCUT2D eigenvalue weighted by atomic mass is 9.99. The number of aliphatic hydroxyl groups excluding tert-OH is 7. The fourth-order valence-electron chi connectivity index (χ4n) is 3.31. The molecule has 0 amide bonds. The van der Waals surface area contributed by atoms with Crippen molar-refractivity contribution in [1.82, 2.24) is 0 Å². The number of guanidine groups is 1. The van der Waals surface area contributed by atoms with Gasteiger partial charge in [0.05, 0.1) is 13.2 Å². The summed E-state index contributed by atoms with van der Waals surface area (Å²) in [4.78, 5) is 17.0. The van der Waals surface area contributed by atoms with E-state index in [4.69, 9.17) is 41.0 Å². The monoisotopic (exact) mass is 500 g/mol. The number of oxime groups is 1. The maximum atomic E-state index is 12.3. The third kappa shape index (κ3) is 6.40. The van der Waals surface area contributed by atoms with E-state index >= 15 is 0 Å². The maximum absolute atomic E-state index is 12.3. The summed E-state index contributed by atoms with van der Waals surface area (Å²) in [6.45, 7) is -2.59. The van der Waals surface area contributed by atoms with Crippen molar-refractivity contribution in [2.75, 3.05) is 26.4 Å². The lowest BCUT2D eigenvalue weighted by molar-refractivity contribution is -0.383. The van der Waals surface area contributed by atoms with Crippen molar-refractivity contribution in [3.05, 3.63) is 0 Å². The quantitative estimate of drug-likeness (QED) is 0.0414. The van der Waals surface area contributed by atoms with Gasteiger partial charge in [-0.1, -0.05) is 0 Å². The SMILES string of the molecule is NC(N)=NOCC[C@H](N)C(=O)OC[C@@]1(O[C@H]2O[C@H](CO)[C@@H](O)[C@H](O)[C@H]2O)O[C@H](CO)[C@@H](O)[C@@H]1O. The average molecular weight is 500 g/mol. The van der Waals surface area contributed by atoms with Crippen molar-refractivity contribution in [2.45, 2.75) is 67.3 Å². The van der Waals surface area contributed by atoms with Gasteiger partial charge in [-0.25, -0.2) is 0 Å². The molecule has 17 heteroatoms. The molecule has 13 N–H and O–H groups in total. The van der Waals surface area contributed by atoms with Crippen LogP contribution in [0.3, 0.4) is 0 Å². The highest BCUT2D eigenvalue weighted by Gasteiger charge is 2.59. The summed E-state index contributed by atoms with van der Waals surface area (Å²) in [5.41, 5.74) is 15.9. The lowest BCUT2D eigenvalue weighted by Crippen LogP contribution is -2.63. The van der Waals surface area contributed by atoms with Gasteiger partial charge in [-0.15, -0.1) is 0 Å². The molecule has 2 aliphatic heterocycles. The largest absolute Gasteiger partial charge is 0.459 e. The number of esters is 1. The molecule has 17 nitrogen and oxygen atoms in total. The van der Waals surface area contributed by atoms with E-state index in [0.717, 1.165) is 0 Å². The molecular weight excluding hydrogens is 468 g/mol. The second kappa shape index (κ2) is 12.2. The van der Waals surface area contributed by atoms with Crippen LogP contribution in [0.2, 0.25) is 0 Å². The molecule has 2 saturated heterocycles. The predicted octanol–water partition coefficient (Wildman–Crippen LogP) is -6.92. The third-order valence-electron chi connectivity index (χ3n) is 5.26. The first-order chi connectivity index (χ1) is 16.0. The van der Waals surface area contributed by atoms with Crippen LogP contribution in [-0.2, 0) is 28.6 Å². The molecule has 198 valence electrons. The molecule has 0 aromatic carbocycles. The van der Waals surface area contributed by atoms with Crippen LogP contribution in [0.4, 0.5) is 0 Å². The third-order valence-corrected chi connectivity index (χ3v) is 5.26. The number of nitrogens with two attached hydrogens (primary N) is 3. The Balaban J connectivity index is 2.13. The first kappa shape index (κ1) is 28.3. The Morgan fingerprint density at radius 2 is 1.65 bits per heavy atom. The van der Waals surface area contributed by atoms with Crippen molar-refractivity contribution in [3.63, 3.8) is 0 Å². The zero-order valence-electron chi connectivity index (χ0n) is 18.0. The highest BCUT2D eigenvalue weighted by molar-refractivity contribution is 5.75. The van der Waals surface area contributed by atoms with E-state index in [1.165, 1.54) is 0 Å². The van der Waals surface area contributed by atoms with Crippen molar-refractivity contribution >= 4 is 11.9 Å². The van der Waals surface area contributed by atoms with Gasteiger partial charge in [0.2, 0.25) is 11.7 Å². The number of rotatable bonds is 11. The summed E-state index contributed by atoms with van der Waals surface area (Å²) in [5.74, 6) is -3.75. The molecule has 2 rings (SSSR count). The van der Waals surface area contributed by atoms with Gasteiger partial charge in [0.25, 0.3) is 0 Å². The fourth-order valence-corrected chi connectivity index (χ4v) is 3.31. The van der Waals surface area contributed by atoms with E-state index in [1.807, 2.05) is 0 Å². The molecule has 2 aliphatic rings. The second-order valence-corrected chi connectivity index (χ2v) is 7.75. The van der Waals surface area contributed by atoms with Crippen molar-refractivity contribution in [1.29, 1.82) is 0 Å². The van der Waals surface area contributed by atoms with Gasteiger partial charge in [-0.2, -0.15) is 0 Å². The minimum Gasteiger partial charge on any atom is -0.459 e. The first-order valence-corrected chi connectivity index (χ1v) is 10.2. The van der Waals surface area contributed by atoms with Crippen LogP contribution >= 0.6 is 0 Å². The van der Waals surface area contributed by atoms with Gasteiger partial charge >= 0.3 is 5.97 Å². The normalized spacial score (nSPS) is 38.8. The highest BCUT2D eigenvalue weighted by atomic mass is 16.8. The molecule has 0 aromatic heterocycles. The molecule has 0 spiro atoms. The molecular formula is C17H32N4O13. The van der Waals surface area contributed by atoms with Crippen molar-refractivity contribution in [3.8, 4) is 0 Å². The van der Waals surface area contributed by atoms with Crippen LogP contribution < -0.4 is 17.2 Å². The van der Waals surface area contributed by atoms with E-state index in [1.54, 1.807) is 0 Å². The minimum atomic E-state index is -2.40. The van der Waals surface area contributed by atoms with Gasteiger partial charge in [-0.3, -0.25) is 4.79 Å². The molecule has 0 unspecified atom stereocenters. The van der Waals surface area contributed by atoms with Crippen LogP contribution in [0.15, 0.2) is 5.16 Å². The zero-order chi connectivity index (χ0) is 25.6. The van der Waals surface area contributed by atoms with E-state index in [-0.39, 0.29) is 19.0 Å². The van der Waals surface area contributed by atoms with Gasteiger partial charge < -0.3 is 76.7 Å². The summed E-state index contributed by atoms with van der Waals surface area (Å²) >= 11 is 0. The van der Waals surface area contributed by atoms with Gasteiger partial charge in [0, 0.05) is 6.42 Å². The Morgan fingerprint density at radius 1 is 1.00 bits per heavy atom. The van der Waals surface area contributed by atoms with Crippen LogP contribution in [0.5, 0.6) is 0 Å². The summed E-state index contributed by atoms with van der Waals surface area (Å²) < 4.78 is 21.2. The van der Waals surface area contributed by atoms with Crippen LogP contribution in [0.25, 0.3) is 0 Å². The Labute approximate surface area is 193 Å². The Morgan fingerprint density at radius 3 is 2.21 bits per heavy atom. The Kier molecular flexibility index (Phi) is 10.2. The summed E-state index contributed by atoms with van der Waals surface area (Å²) in [5, 5.41) is 72.9. The number of aliphatic hydroxyl groups is 7. The molecule has 2 fully saturated rings. The zero-order valence-corrected chi connectivity index (χ0v) is 18.0. The molecule has 0 aliphatic carbocycles. The number of ether oxygens (including phenoxy) is 4. The molecule has 0 saturated carbocycles. The number of carbonyl (C=O) groups is 1. The van der Waals surface area contributed by atoms with Crippen LogP contribution in [0, 0.1) is 0 Å². The number of carbonyl (C=O) groups excluding carboxylic acids is 1. The number of nitrogens with zero attached hydrogens (tertiary/aromatic N) is 1.